The van der Waals surface area contributed by atoms with Crippen molar-refractivity contribution in [2.75, 3.05) is 11.9 Å². The Morgan fingerprint density at radius 2 is 2.16 bits per heavy atom. The number of allylic oxidation sites excluding steroid dienone is 1. The molecule has 0 saturated heterocycles. The molecule has 0 unspecified atom stereocenters. The zero-order valence-corrected chi connectivity index (χ0v) is 12.1. The molecule has 4 nitrogen and oxygen atoms in total. The average molecular weight is 258 g/mol. The summed E-state index contributed by atoms with van der Waals surface area (Å²) in [7, 11) is 0. The van der Waals surface area contributed by atoms with Crippen LogP contribution in [0.3, 0.4) is 0 Å². The first-order valence-electron chi connectivity index (χ1n) is 6.72. The van der Waals surface area contributed by atoms with E-state index >= 15 is 0 Å². The van der Waals surface area contributed by atoms with E-state index in [4.69, 9.17) is 0 Å². The molecule has 0 saturated carbocycles. The number of aromatic nitrogens is 3. The molecule has 2 heterocycles. The maximum Gasteiger partial charge on any atom is 0.152 e. The Labute approximate surface area is 114 Å². The summed E-state index contributed by atoms with van der Waals surface area (Å²) in [6.45, 7) is 9.42. The van der Waals surface area contributed by atoms with Crippen LogP contribution < -0.4 is 5.32 Å². The minimum Gasteiger partial charge on any atom is -0.368 e. The predicted molar refractivity (Wildman–Crippen MR) is 79.6 cm³/mol. The monoisotopic (exact) mass is 258 g/mol. The molecular weight excluding hydrogens is 236 g/mol. The molecule has 0 aliphatic heterocycles. The molecule has 2 rings (SSSR count). The summed E-state index contributed by atoms with van der Waals surface area (Å²) in [5.74, 6) is 0.898. The fourth-order valence-electron chi connectivity index (χ4n) is 1.87. The van der Waals surface area contributed by atoms with E-state index in [9.17, 15) is 0 Å². The minimum atomic E-state index is 0.0498. The highest BCUT2D eigenvalue weighted by molar-refractivity contribution is 5.68. The van der Waals surface area contributed by atoms with Gasteiger partial charge < -0.3 is 5.32 Å². The molecule has 0 aliphatic carbocycles. The van der Waals surface area contributed by atoms with E-state index in [-0.39, 0.29) is 5.41 Å². The van der Waals surface area contributed by atoms with Crippen LogP contribution >= 0.6 is 0 Å². The molecule has 2 aromatic rings. The first-order chi connectivity index (χ1) is 9.02. The van der Waals surface area contributed by atoms with Crippen molar-refractivity contribution < 1.29 is 0 Å². The Balaban J connectivity index is 2.26. The average Bonchev–Trinajstić information content (AvgIpc) is 2.79. The van der Waals surface area contributed by atoms with E-state index < -0.39 is 0 Å². The van der Waals surface area contributed by atoms with Crippen molar-refractivity contribution in [1.82, 2.24) is 14.6 Å². The van der Waals surface area contributed by atoms with Gasteiger partial charge in [-0.15, -0.1) is 0 Å². The van der Waals surface area contributed by atoms with Gasteiger partial charge in [-0.25, -0.2) is 9.50 Å². The molecule has 0 radical (unpaired) electrons. The molecule has 102 valence electrons. The largest absolute Gasteiger partial charge is 0.368 e. The molecule has 1 N–H and O–H groups in total. The van der Waals surface area contributed by atoms with Crippen LogP contribution in [0, 0.1) is 0 Å². The highest BCUT2D eigenvalue weighted by Crippen LogP contribution is 2.24. The van der Waals surface area contributed by atoms with E-state index in [1.54, 1.807) is 6.20 Å². The lowest BCUT2D eigenvalue weighted by molar-refractivity contribution is 0.562. The number of anilines is 1. The third kappa shape index (κ3) is 3.13. The molecule has 19 heavy (non-hydrogen) atoms. The summed E-state index contributed by atoms with van der Waals surface area (Å²) in [6, 6.07) is 2.12. The van der Waals surface area contributed by atoms with Crippen LogP contribution in [0.25, 0.3) is 5.52 Å². The lowest BCUT2D eigenvalue weighted by Crippen LogP contribution is -2.11. The number of hydrogen-bond acceptors (Lipinski definition) is 3. The van der Waals surface area contributed by atoms with Gasteiger partial charge in [-0.2, -0.15) is 5.10 Å². The van der Waals surface area contributed by atoms with Crippen LogP contribution in [0.2, 0.25) is 0 Å². The molecular formula is C15H22N4. The Hall–Kier alpha value is -1.84. The van der Waals surface area contributed by atoms with Gasteiger partial charge >= 0.3 is 0 Å². The van der Waals surface area contributed by atoms with E-state index in [2.05, 4.69) is 54.4 Å². The highest BCUT2D eigenvalue weighted by atomic mass is 15.2. The molecule has 0 atom stereocenters. The number of fused-ring (bicyclic) bond motifs is 1. The lowest BCUT2D eigenvalue weighted by atomic mass is 9.92. The number of rotatable bonds is 4. The van der Waals surface area contributed by atoms with Crippen LogP contribution in [-0.4, -0.2) is 21.1 Å². The van der Waals surface area contributed by atoms with Crippen molar-refractivity contribution in [1.29, 1.82) is 0 Å². The van der Waals surface area contributed by atoms with Crippen LogP contribution in [0.4, 0.5) is 5.82 Å². The van der Waals surface area contributed by atoms with Crippen LogP contribution in [0.1, 0.15) is 39.8 Å². The molecule has 0 spiro atoms. The first kappa shape index (κ1) is 13.6. The van der Waals surface area contributed by atoms with Gasteiger partial charge in [-0.3, -0.25) is 0 Å². The zero-order valence-electron chi connectivity index (χ0n) is 12.1. The van der Waals surface area contributed by atoms with Gasteiger partial charge in [0.15, 0.2) is 5.82 Å². The SMILES string of the molecule is C/C=C/CCNc1nccn2nc(C(C)(C)C)cc12. The van der Waals surface area contributed by atoms with Gasteiger partial charge in [0, 0.05) is 24.4 Å². The second kappa shape index (κ2) is 5.43. The normalized spacial score (nSPS) is 12.4. The van der Waals surface area contributed by atoms with Crippen LogP contribution in [-0.2, 0) is 5.41 Å². The van der Waals surface area contributed by atoms with Crippen molar-refractivity contribution >= 4 is 11.3 Å². The smallest absolute Gasteiger partial charge is 0.152 e. The van der Waals surface area contributed by atoms with Gasteiger partial charge in [0.2, 0.25) is 0 Å². The number of nitrogens with one attached hydrogen (secondary N) is 1. The van der Waals surface area contributed by atoms with Gasteiger partial charge in [0.1, 0.15) is 5.52 Å². The Kier molecular flexibility index (Phi) is 3.88. The third-order valence-electron chi connectivity index (χ3n) is 3.00. The van der Waals surface area contributed by atoms with E-state index in [0.29, 0.717) is 0 Å². The minimum absolute atomic E-state index is 0.0498. The van der Waals surface area contributed by atoms with Gasteiger partial charge in [-0.05, 0) is 19.4 Å². The quantitative estimate of drug-likeness (QED) is 0.675. The summed E-state index contributed by atoms with van der Waals surface area (Å²) in [4.78, 5) is 4.40. The van der Waals surface area contributed by atoms with Crippen molar-refractivity contribution in [3.63, 3.8) is 0 Å². The van der Waals surface area contributed by atoms with Crippen LogP contribution in [0.15, 0.2) is 30.6 Å². The molecule has 2 aromatic heterocycles. The topological polar surface area (TPSA) is 42.2 Å². The number of nitrogens with zero attached hydrogens (tertiary/aromatic N) is 3. The third-order valence-corrected chi connectivity index (χ3v) is 3.00. The summed E-state index contributed by atoms with van der Waals surface area (Å²) in [5.41, 5.74) is 2.17. The fraction of sp³-hybridized carbons (Fsp3) is 0.467. The lowest BCUT2D eigenvalue weighted by Gasteiger charge is -2.13. The first-order valence-corrected chi connectivity index (χ1v) is 6.72. The zero-order chi connectivity index (χ0) is 13.9. The molecule has 4 heteroatoms. The molecule has 0 bridgehead atoms. The summed E-state index contributed by atoms with van der Waals surface area (Å²) in [5, 5.41) is 7.98. The van der Waals surface area contributed by atoms with Crippen molar-refractivity contribution in [3.8, 4) is 0 Å². The Bertz CT molecular complexity index is 575. The fourth-order valence-corrected chi connectivity index (χ4v) is 1.87. The highest BCUT2D eigenvalue weighted by Gasteiger charge is 2.18. The standard InChI is InChI=1S/C15H22N4/c1-5-6-7-8-16-14-12-11-13(15(2,3)4)18-19(12)10-9-17-14/h5-6,9-11H,7-8H2,1-4H3,(H,16,17)/b6-5+. The second-order valence-corrected chi connectivity index (χ2v) is 5.67. The molecule has 0 amide bonds. The number of hydrogen-bond donors (Lipinski definition) is 1. The van der Waals surface area contributed by atoms with E-state index in [1.165, 1.54) is 0 Å². The van der Waals surface area contributed by atoms with Crippen molar-refractivity contribution in [2.24, 2.45) is 0 Å². The maximum atomic E-state index is 4.61. The van der Waals surface area contributed by atoms with Gasteiger partial charge in [-0.1, -0.05) is 32.9 Å². The molecule has 0 aliphatic rings. The maximum absolute atomic E-state index is 4.61. The van der Waals surface area contributed by atoms with Gasteiger partial charge in [0.25, 0.3) is 0 Å². The van der Waals surface area contributed by atoms with Crippen molar-refractivity contribution in [2.45, 2.75) is 39.5 Å². The summed E-state index contributed by atoms with van der Waals surface area (Å²) < 4.78 is 1.89. The molecule has 0 aromatic carbocycles. The van der Waals surface area contributed by atoms with Crippen molar-refractivity contribution in [3.05, 3.63) is 36.3 Å². The van der Waals surface area contributed by atoms with E-state index in [1.807, 2.05) is 17.6 Å². The second-order valence-electron chi connectivity index (χ2n) is 5.67. The van der Waals surface area contributed by atoms with E-state index in [0.717, 1.165) is 30.0 Å². The Morgan fingerprint density at radius 1 is 1.37 bits per heavy atom. The molecule has 0 fully saturated rings. The summed E-state index contributed by atoms with van der Waals surface area (Å²) in [6.07, 6.45) is 8.88. The van der Waals surface area contributed by atoms with Crippen LogP contribution in [0.5, 0.6) is 0 Å². The predicted octanol–water partition coefficient (Wildman–Crippen LogP) is 3.40. The summed E-state index contributed by atoms with van der Waals surface area (Å²) >= 11 is 0. The van der Waals surface area contributed by atoms with Gasteiger partial charge in [0.05, 0.1) is 5.69 Å². The Morgan fingerprint density at radius 3 is 2.84 bits per heavy atom.